The van der Waals surface area contributed by atoms with Gasteiger partial charge in [0.25, 0.3) is 0 Å². The molecule has 3 N–H and O–H groups in total. The topological polar surface area (TPSA) is 49.9 Å². The number of thioether (sulfide) groups is 1. The van der Waals surface area contributed by atoms with Gasteiger partial charge in [0.1, 0.15) is 0 Å². The highest BCUT2D eigenvalue weighted by Crippen LogP contribution is 2.28. The zero-order valence-electron chi connectivity index (χ0n) is 7.25. The molecule has 13 heavy (non-hydrogen) atoms. The molecule has 0 amide bonds. The first kappa shape index (κ1) is 10.4. The molecule has 0 aliphatic carbocycles. The molecule has 0 aromatic heterocycles. The Labute approximate surface area is 87.0 Å². The summed E-state index contributed by atoms with van der Waals surface area (Å²) in [4.78, 5) is 0. The molecule has 1 atom stereocenters. The average molecular weight is 215 g/mol. The number of amidine groups is 1. The highest BCUT2D eigenvalue weighted by Gasteiger charge is 2.06. The number of hydrogen-bond acceptors (Lipinski definition) is 2. The van der Waals surface area contributed by atoms with Crippen molar-refractivity contribution in [1.29, 1.82) is 5.41 Å². The van der Waals surface area contributed by atoms with Crippen LogP contribution in [-0.4, -0.2) is 5.17 Å². The Bertz CT molecular complexity index is 297. The van der Waals surface area contributed by atoms with Crippen molar-refractivity contribution < 1.29 is 0 Å². The standard InChI is InChI=1S/C9H11ClN2S/c1-6(13-9(11)12)7-2-4-8(10)5-3-7/h2-6H,1H3,(H3,11,12)/t6-/m1/s1. The maximum Gasteiger partial charge on any atom is 0.151 e. The normalized spacial score (nSPS) is 12.5. The molecule has 0 fully saturated rings. The van der Waals surface area contributed by atoms with Crippen LogP contribution in [0.2, 0.25) is 5.02 Å². The van der Waals surface area contributed by atoms with Crippen molar-refractivity contribution in [1.82, 2.24) is 0 Å². The zero-order valence-corrected chi connectivity index (χ0v) is 8.82. The summed E-state index contributed by atoms with van der Waals surface area (Å²) in [5.41, 5.74) is 6.41. The average Bonchev–Trinajstić information content (AvgIpc) is 2.04. The minimum Gasteiger partial charge on any atom is -0.379 e. The molecule has 1 rings (SSSR count). The molecule has 0 aliphatic rings. The maximum atomic E-state index is 7.13. The van der Waals surface area contributed by atoms with E-state index in [4.69, 9.17) is 22.7 Å². The molecule has 0 bridgehead atoms. The van der Waals surface area contributed by atoms with Gasteiger partial charge in [-0.3, -0.25) is 5.41 Å². The molecule has 0 aliphatic heterocycles. The predicted molar refractivity (Wildman–Crippen MR) is 59.4 cm³/mol. The Kier molecular flexibility index (Phi) is 3.63. The van der Waals surface area contributed by atoms with Gasteiger partial charge in [0.05, 0.1) is 0 Å². The third kappa shape index (κ3) is 3.28. The largest absolute Gasteiger partial charge is 0.379 e. The second-order valence-corrected chi connectivity index (χ2v) is 4.49. The molecule has 4 heteroatoms. The number of halogens is 1. The van der Waals surface area contributed by atoms with Crippen LogP contribution >= 0.6 is 23.4 Å². The van der Waals surface area contributed by atoms with E-state index in [2.05, 4.69) is 0 Å². The van der Waals surface area contributed by atoms with Crippen LogP contribution in [0.5, 0.6) is 0 Å². The lowest BCUT2D eigenvalue weighted by atomic mass is 10.2. The van der Waals surface area contributed by atoms with Gasteiger partial charge in [-0.05, 0) is 24.6 Å². The van der Waals surface area contributed by atoms with Crippen molar-refractivity contribution in [3.63, 3.8) is 0 Å². The third-order valence-electron chi connectivity index (χ3n) is 1.64. The van der Waals surface area contributed by atoms with E-state index in [1.54, 1.807) is 0 Å². The van der Waals surface area contributed by atoms with Crippen LogP contribution in [0.4, 0.5) is 0 Å². The van der Waals surface area contributed by atoms with Gasteiger partial charge in [0, 0.05) is 10.3 Å². The first-order valence-corrected chi connectivity index (χ1v) is 5.11. The van der Waals surface area contributed by atoms with Crippen molar-refractivity contribution in [3.05, 3.63) is 34.9 Å². The van der Waals surface area contributed by atoms with Gasteiger partial charge in [0.15, 0.2) is 5.17 Å². The SMILES string of the molecule is C[C@@H](SC(=N)N)c1ccc(Cl)cc1. The number of nitrogens with two attached hydrogens (primary N) is 1. The van der Waals surface area contributed by atoms with E-state index >= 15 is 0 Å². The van der Waals surface area contributed by atoms with Crippen LogP contribution in [0.1, 0.15) is 17.7 Å². The summed E-state index contributed by atoms with van der Waals surface area (Å²) < 4.78 is 0. The lowest BCUT2D eigenvalue weighted by molar-refractivity contribution is 1.11. The first-order valence-electron chi connectivity index (χ1n) is 3.85. The van der Waals surface area contributed by atoms with Crippen molar-refractivity contribution in [2.45, 2.75) is 12.2 Å². The number of rotatable bonds is 2. The van der Waals surface area contributed by atoms with Crippen LogP contribution in [0.25, 0.3) is 0 Å². The van der Waals surface area contributed by atoms with Gasteiger partial charge >= 0.3 is 0 Å². The molecule has 70 valence electrons. The zero-order chi connectivity index (χ0) is 9.84. The van der Waals surface area contributed by atoms with Gasteiger partial charge in [-0.25, -0.2) is 0 Å². The number of benzene rings is 1. The number of nitrogens with one attached hydrogen (secondary N) is 1. The van der Waals surface area contributed by atoms with E-state index < -0.39 is 0 Å². The van der Waals surface area contributed by atoms with E-state index in [1.807, 2.05) is 31.2 Å². The van der Waals surface area contributed by atoms with Gasteiger partial charge < -0.3 is 5.73 Å². The lowest BCUT2D eigenvalue weighted by Gasteiger charge is -2.09. The molecular formula is C9H11ClN2S. The Balaban J connectivity index is 2.71. The summed E-state index contributed by atoms with van der Waals surface area (Å²) in [6, 6.07) is 7.58. The lowest BCUT2D eigenvalue weighted by Crippen LogP contribution is -2.05. The van der Waals surface area contributed by atoms with E-state index in [0.29, 0.717) is 0 Å². The highest BCUT2D eigenvalue weighted by molar-refractivity contribution is 8.13. The Morgan fingerprint density at radius 1 is 1.46 bits per heavy atom. The smallest absolute Gasteiger partial charge is 0.151 e. The van der Waals surface area contributed by atoms with Crippen molar-refractivity contribution >= 4 is 28.5 Å². The van der Waals surface area contributed by atoms with Crippen molar-refractivity contribution in [2.75, 3.05) is 0 Å². The summed E-state index contributed by atoms with van der Waals surface area (Å²) in [5.74, 6) is 0. The molecule has 0 radical (unpaired) electrons. The molecule has 1 aromatic carbocycles. The van der Waals surface area contributed by atoms with Gasteiger partial charge in [0.2, 0.25) is 0 Å². The molecule has 0 unspecified atom stereocenters. The first-order chi connectivity index (χ1) is 6.09. The third-order valence-corrected chi connectivity index (χ3v) is 2.77. The minimum atomic E-state index is 0.141. The highest BCUT2D eigenvalue weighted by atomic mass is 35.5. The molecule has 0 spiro atoms. The monoisotopic (exact) mass is 214 g/mol. The Morgan fingerprint density at radius 2 is 2.00 bits per heavy atom. The summed E-state index contributed by atoms with van der Waals surface area (Å²) in [6.07, 6.45) is 0. The van der Waals surface area contributed by atoms with Crippen molar-refractivity contribution in [2.24, 2.45) is 5.73 Å². The Hall–Kier alpha value is -0.670. The minimum absolute atomic E-state index is 0.141. The summed E-state index contributed by atoms with van der Waals surface area (Å²) in [5, 5.41) is 8.20. The predicted octanol–water partition coefficient (Wildman–Crippen LogP) is 3.03. The summed E-state index contributed by atoms with van der Waals surface area (Å²) in [7, 11) is 0. The second kappa shape index (κ2) is 4.53. The van der Waals surface area contributed by atoms with Gasteiger partial charge in [-0.1, -0.05) is 35.5 Å². The van der Waals surface area contributed by atoms with E-state index in [0.717, 1.165) is 10.6 Å². The summed E-state index contributed by atoms with van der Waals surface area (Å²) in [6.45, 7) is 2.01. The molecule has 2 nitrogen and oxygen atoms in total. The van der Waals surface area contributed by atoms with Gasteiger partial charge in [-0.2, -0.15) is 0 Å². The molecule has 0 saturated carbocycles. The molecule has 0 heterocycles. The van der Waals surface area contributed by atoms with Crippen LogP contribution < -0.4 is 5.73 Å². The number of hydrogen-bond donors (Lipinski definition) is 2. The van der Waals surface area contributed by atoms with Gasteiger partial charge in [-0.15, -0.1) is 0 Å². The van der Waals surface area contributed by atoms with E-state index in [-0.39, 0.29) is 10.4 Å². The van der Waals surface area contributed by atoms with Crippen LogP contribution in [-0.2, 0) is 0 Å². The van der Waals surface area contributed by atoms with E-state index in [1.165, 1.54) is 11.8 Å². The maximum absolute atomic E-state index is 7.13. The van der Waals surface area contributed by atoms with Crippen LogP contribution in [0.15, 0.2) is 24.3 Å². The fraction of sp³-hybridized carbons (Fsp3) is 0.222. The Morgan fingerprint density at radius 3 is 2.46 bits per heavy atom. The fourth-order valence-corrected chi connectivity index (χ4v) is 1.79. The quantitative estimate of drug-likeness (QED) is 0.587. The molecule has 0 saturated heterocycles. The van der Waals surface area contributed by atoms with E-state index in [9.17, 15) is 0 Å². The fourth-order valence-electron chi connectivity index (χ4n) is 0.992. The summed E-state index contributed by atoms with van der Waals surface area (Å²) >= 11 is 7.08. The van der Waals surface area contributed by atoms with Crippen LogP contribution in [0, 0.1) is 5.41 Å². The molecular weight excluding hydrogens is 204 g/mol. The molecule has 1 aromatic rings. The van der Waals surface area contributed by atoms with Crippen molar-refractivity contribution in [3.8, 4) is 0 Å². The second-order valence-electron chi connectivity index (χ2n) is 2.68. The van der Waals surface area contributed by atoms with Crippen LogP contribution in [0.3, 0.4) is 0 Å².